The van der Waals surface area contributed by atoms with E-state index in [0.717, 1.165) is 43.2 Å². The number of carbonyl (C=O) groups excluding carboxylic acids is 1. The summed E-state index contributed by atoms with van der Waals surface area (Å²) in [5, 5.41) is 5.76. The van der Waals surface area contributed by atoms with Crippen molar-refractivity contribution in [1.29, 1.82) is 0 Å². The van der Waals surface area contributed by atoms with Gasteiger partial charge in [0, 0.05) is 24.3 Å². The van der Waals surface area contributed by atoms with Crippen LogP contribution in [0.2, 0.25) is 0 Å². The van der Waals surface area contributed by atoms with E-state index in [1.807, 2.05) is 6.07 Å². The van der Waals surface area contributed by atoms with Gasteiger partial charge in [0.25, 0.3) is 0 Å². The van der Waals surface area contributed by atoms with E-state index in [9.17, 15) is 18.0 Å². The summed E-state index contributed by atoms with van der Waals surface area (Å²) in [6, 6.07) is 9.14. The van der Waals surface area contributed by atoms with Crippen LogP contribution < -0.4 is 10.6 Å². The Morgan fingerprint density at radius 1 is 1.20 bits per heavy atom. The summed E-state index contributed by atoms with van der Waals surface area (Å²) in [6.07, 6.45) is -0.333. The Kier molecular flexibility index (Phi) is 4.92. The molecule has 1 aromatic carbocycles. The van der Waals surface area contributed by atoms with Crippen molar-refractivity contribution in [2.75, 3.05) is 10.6 Å². The minimum absolute atomic E-state index is 0.0240. The number of nitrogens with one attached hydrogen (secondary N) is 2. The molecule has 1 aliphatic rings. The maximum Gasteiger partial charge on any atom is 0.416 e. The first-order chi connectivity index (χ1) is 11.9. The van der Waals surface area contributed by atoms with Gasteiger partial charge in [-0.1, -0.05) is 18.6 Å². The highest BCUT2D eigenvalue weighted by atomic mass is 19.4. The summed E-state index contributed by atoms with van der Waals surface area (Å²) < 4.78 is 38.1. The Morgan fingerprint density at radius 2 is 2.00 bits per heavy atom. The second-order valence-corrected chi connectivity index (χ2v) is 6.10. The van der Waals surface area contributed by atoms with Gasteiger partial charge < -0.3 is 10.6 Å². The van der Waals surface area contributed by atoms with Crippen molar-refractivity contribution in [3.63, 3.8) is 0 Å². The molecular weight excluding hydrogens is 331 g/mol. The normalized spacial score (nSPS) is 14.7. The number of halogens is 3. The fourth-order valence-electron chi connectivity index (χ4n) is 2.57. The zero-order valence-electron chi connectivity index (χ0n) is 13.4. The zero-order valence-corrected chi connectivity index (χ0v) is 13.4. The fraction of sp³-hybridized carbons (Fsp3) is 0.333. The monoisotopic (exact) mass is 349 g/mol. The number of aromatic nitrogens is 1. The predicted octanol–water partition coefficient (Wildman–Crippen LogP) is 4.45. The van der Waals surface area contributed by atoms with Gasteiger partial charge in [-0.25, -0.2) is 4.98 Å². The molecular formula is C18H18F3N3O. The highest BCUT2D eigenvalue weighted by molar-refractivity contribution is 5.93. The third kappa shape index (κ3) is 4.49. The fourth-order valence-corrected chi connectivity index (χ4v) is 2.57. The van der Waals surface area contributed by atoms with Gasteiger partial charge in [-0.2, -0.15) is 13.2 Å². The van der Waals surface area contributed by atoms with Crippen LogP contribution in [0.15, 0.2) is 42.6 Å². The third-order valence-corrected chi connectivity index (χ3v) is 4.23. The molecule has 1 aliphatic carbocycles. The van der Waals surface area contributed by atoms with Crippen LogP contribution in [0, 0.1) is 5.92 Å². The number of anilines is 2. The van der Waals surface area contributed by atoms with Crippen molar-refractivity contribution in [3.8, 4) is 0 Å². The molecule has 0 aliphatic heterocycles. The molecule has 0 bridgehead atoms. The van der Waals surface area contributed by atoms with E-state index >= 15 is 0 Å². The van der Waals surface area contributed by atoms with E-state index in [1.54, 1.807) is 18.2 Å². The lowest BCUT2D eigenvalue weighted by Crippen LogP contribution is -2.28. The molecule has 0 radical (unpaired) electrons. The van der Waals surface area contributed by atoms with Gasteiger partial charge in [0.15, 0.2) is 0 Å². The van der Waals surface area contributed by atoms with Crippen molar-refractivity contribution >= 4 is 17.4 Å². The topological polar surface area (TPSA) is 54.0 Å². The minimum atomic E-state index is -4.40. The zero-order chi connectivity index (χ0) is 17.9. The molecule has 4 nitrogen and oxygen atoms in total. The second kappa shape index (κ2) is 7.13. The summed E-state index contributed by atoms with van der Waals surface area (Å²) in [5.41, 5.74) is 0.783. The van der Waals surface area contributed by atoms with Crippen LogP contribution in [0.1, 0.15) is 30.4 Å². The van der Waals surface area contributed by atoms with E-state index in [2.05, 4.69) is 15.6 Å². The van der Waals surface area contributed by atoms with Crippen LogP contribution in [0.25, 0.3) is 0 Å². The van der Waals surface area contributed by atoms with E-state index in [-0.39, 0.29) is 17.6 Å². The lowest BCUT2D eigenvalue weighted by Gasteiger charge is -2.24. The lowest BCUT2D eigenvalue weighted by atomic mass is 9.85. The number of benzene rings is 1. The summed E-state index contributed by atoms with van der Waals surface area (Å²) in [7, 11) is 0. The van der Waals surface area contributed by atoms with Crippen molar-refractivity contribution < 1.29 is 18.0 Å². The number of amides is 1. The van der Waals surface area contributed by atoms with Gasteiger partial charge in [0.05, 0.1) is 5.56 Å². The predicted molar refractivity (Wildman–Crippen MR) is 89.0 cm³/mol. The first-order valence-electron chi connectivity index (χ1n) is 8.09. The van der Waals surface area contributed by atoms with E-state index in [4.69, 9.17) is 0 Å². The van der Waals surface area contributed by atoms with Gasteiger partial charge in [0.2, 0.25) is 5.91 Å². The quantitative estimate of drug-likeness (QED) is 0.838. The molecule has 3 rings (SSSR count). The Morgan fingerprint density at radius 3 is 2.68 bits per heavy atom. The smallest absolute Gasteiger partial charge is 0.366 e. The van der Waals surface area contributed by atoms with Gasteiger partial charge in [-0.05, 0) is 42.7 Å². The summed E-state index contributed by atoms with van der Waals surface area (Å²) in [4.78, 5) is 15.9. The largest absolute Gasteiger partial charge is 0.416 e. The molecule has 0 spiro atoms. The van der Waals surface area contributed by atoms with Gasteiger partial charge >= 0.3 is 6.18 Å². The maximum absolute atomic E-state index is 12.7. The summed E-state index contributed by atoms with van der Waals surface area (Å²) in [6.45, 7) is 0.307. The van der Waals surface area contributed by atoms with Crippen LogP contribution >= 0.6 is 0 Å². The molecule has 25 heavy (non-hydrogen) atoms. The van der Waals surface area contributed by atoms with Gasteiger partial charge in [-0.15, -0.1) is 0 Å². The first kappa shape index (κ1) is 17.3. The van der Waals surface area contributed by atoms with Crippen molar-refractivity contribution in [3.05, 3.63) is 53.7 Å². The highest BCUT2D eigenvalue weighted by Gasteiger charge is 2.30. The molecule has 2 aromatic rings. The number of hydrogen-bond acceptors (Lipinski definition) is 3. The first-order valence-corrected chi connectivity index (χ1v) is 8.09. The molecule has 0 unspecified atom stereocenters. The van der Waals surface area contributed by atoms with Crippen molar-refractivity contribution in [2.24, 2.45) is 5.92 Å². The van der Waals surface area contributed by atoms with Crippen LogP contribution in [0.4, 0.5) is 24.7 Å². The SMILES string of the molecule is O=C(Nc1cccc(CNc2cc(C(F)(F)F)ccn2)c1)C1CCC1. The number of alkyl halides is 3. The van der Waals surface area contributed by atoms with Crippen LogP contribution in [0.3, 0.4) is 0 Å². The average Bonchev–Trinajstić information content (AvgIpc) is 2.51. The number of nitrogens with zero attached hydrogens (tertiary/aromatic N) is 1. The Bertz CT molecular complexity index is 757. The minimum Gasteiger partial charge on any atom is -0.366 e. The number of pyridine rings is 1. The Hall–Kier alpha value is -2.57. The molecule has 2 N–H and O–H groups in total. The molecule has 1 fully saturated rings. The molecule has 1 saturated carbocycles. The molecule has 1 amide bonds. The molecule has 1 aromatic heterocycles. The lowest BCUT2D eigenvalue weighted by molar-refractivity contribution is -0.137. The molecule has 1 heterocycles. The average molecular weight is 349 g/mol. The molecule has 7 heteroatoms. The van der Waals surface area contributed by atoms with Crippen LogP contribution in [-0.4, -0.2) is 10.9 Å². The second-order valence-electron chi connectivity index (χ2n) is 6.10. The van der Waals surface area contributed by atoms with Crippen LogP contribution in [0.5, 0.6) is 0 Å². The third-order valence-electron chi connectivity index (χ3n) is 4.23. The Balaban J connectivity index is 1.61. The number of rotatable bonds is 5. The molecule has 132 valence electrons. The van der Waals surface area contributed by atoms with E-state index < -0.39 is 11.7 Å². The highest BCUT2D eigenvalue weighted by Crippen LogP contribution is 2.30. The molecule has 0 atom stereocenters. The summed E-state index contributed by atoms with van der Waals surface area (Å²) in [5.74, 6) is 0.269. The van der Waals surface area contributed by atoms with Crippen molar-refractivity contribution in [1.82, 2.24) is 4.98 Å². The standard InChI is InChI=1S/C18H18F3N3O/c19-18(20,21)14-7-8-22-16(10-14)23-11-12-3-1-6-15(9-12)24-17(25)13-4-2-5-13/h1,3,6-10,13H,2,4-5,11H2,(H,22,23)(H,24,25). The molecule has 0 saturated heterocycles. The Labute approximate surface area is 143 Å². The van der Waals surface area contributed by atoms with E-state index in [0.29, 0.717) is 12.2 Å². The van der Waals surface area contributed by atoms with Crippen LogP contribution in [-0.2, 0) is 17.5 Å². The van der Waals surface area contributed by atoms with Crippen molar-refractivity contribution in [2.45, 2.75) is 32.0 Å². The van der Waals surface area contributed by atoms with E-state index in [1.165, 1.54) is 0 Å². The maximum atomic E-state index is 12.7. The van der Waals surface area contributed by atoms with Gasteiger partial charge in [0.1, 0.15) is 5.82 Å². The van der Waals surface area contributed by atoms with Gasteiger partial charge in [-0.3, -0.25) is 4.79 Å². The number of hydrogen-bond donors (Lipinski definition) is 2. The number of carbonyl (C=O) groups is 1. The summed E-state index contributed by atoms with van der Waals surface area (Å²) >= 11 is 0.